The Morgan fingerprint density at radius 3 is 2.38 bits per heavy atom. The average molecular weight is 240 g/mol. The fourth-order valence-corrected chi connectivity index (χ4v) is 3.82. The normalized spacial score (nSPS) is 12.0. The van der Waals surface area contributed by atoms with Crippen LogP contribution in [0.3, 0.4) is 0 Å². The van der Waals surface area contributed by atoms with E-state index in [-0.39, 0.29) is 15.4 Å². The van der Waals surface area contributed by atoms with Crippen LogP contribution in [0.5, 0.6) is 0 Å². The maximum absolute atomic E-state index is 5.48. The Kier molecular flexibility index (Phi) is 11.6. The second-order valence-electron chi connectivity index (χ2n) is 2.67. The van der Waals surface area contributed by atoms with Crippen LogP contribution in [0.4, 0.5) is 0 Å². The topological polar surface area (TPSA) is 18.5 Å². The third kappa shape index (κ3) is 9.15. The SMILES string of the molecule is CCOC(OCC)[SiH2]CCCSS. The van der Waals surface area contributed by atoms with Crippen LogP contribution in [-0.2, 0) is 9.47 Å². The molecule has 0 aromatic heterocycles. The molecule has 80 valence electrons. The molecule has 0 rings (SSSR count). The molecular formula is C8H20O2S2Si. The summed E-state index contributed by atoms with van der Waals surface area (Å²) < 4.78 is 11.0. The first kappa shape index (κ1) is 13.8. The Balaban J connectivity index is 3.33. The fourth-order valence-electron chi connectivity index (χ4n) is 1.06. The van der Waals surface area contributed by atoms with Crippen LogP contribution < -0.4 is 0 Å². The lowest BCUT2D eigenvalue weighted by molar-refractivity contribution is -0.0827. The quantitative estimate of drug-likeness (QED) is 0.218. The van der Waals surface area contributed by atoms with Gasteiger partial charge in [-0.25, -0.2) is 0 Å². The Labute approximate surface area is 92.8 Å². The Bertz CT molecular complexity index is 100. The lowest BCUT2D eigenvalue weighted by Crippen LogP contribution is -2.24. The number of ether oxygens (including phenoxy) is 2. The molecule has 0 aromatic carbocycles. The van der Waals surface area contributed by atoms with Gasteiger partial charge in [0.25, 0.3) is 0 Å². The highest BCUT2D eigenvalue weighted by Gasteiger charge is 2.07. The van der Waals surface area contributed by atoms with E-state index >= 15 is 0 Å². The fraction of sp³-hybridized carbons (Fsp3) is 1.00. The van der Waals surface area contributed by atoms with Gasteiger partial charge in [-0.1, -0.05) is 16.8 Å². The van der Waals surface area contributed by atoms with Crippen LogP contribution in [0.2, 0.25) is 6.04 Å². The van der Waals surface area contributed by atoms with Crippen molar-refractivity contribution in [1.82, 2.24) is 0 Å². The second-order valence-corrected chi connectivity index (χ2v) is 6.06. The maximum Gasteiger partial charge on any atom is 0.134 e. The van der Waals surface area contributed by atoms with E-state index in [4.69, 9.17) is 9.47 Å². The summed E-state index contributed by atoms with van der Waals surface area (Å²) in [7, 11) is 1.41. The second kappa shape index (κ2) is 10.9. The van der Waals surface area contributed by atoms with Gasteiger partial charge in [0.15, 0.2) is 0 Å². The number of rotatable bonds is 9. The lowest BCUT2D eigenvalue weighted by Gasteiger charge is -2.15. The summed E-state index contributed by atoms with van der Waals surface area (Å²) in [5.41, 5.74) is 0. The highest BCUT2D eigenvalue weighted by Crippen LogP contribution is 2.08. The molecule has 0 heterocycles. The van der Waals surface area contributed by atoms with Crippen molar-refractivity contribution in [3.8, 4) is 0 Å². The van der Waals surface area contributed by atoms with Crippen molar-refractivity contribution >= 4 is 32.0 Å². The first-order valence-electron chi connectivity index (χ1n) is 4.84. The average Bonchev–Trinajstić information content (AvgIpc) is 2.13. The maximum atomic E-state index is 5.48. The molecule has 0 spiro atoms. The molecule has 5 heteroatoms. The summed E-state index contributed by atoms with van der Waals surface area (Å²) in [4.78, 5) is 0. The molecule has 0 radical (unpaired) electrons. The molecular weight excluding hydrogens is 220 g/mol. The van der Waals surface area contributed by atoms with Gasteiger partial charge in [-0.2, -0.15) is 0 Å². The number of hydrogen-bond acceptors (Lipinski definition) is 4. The minimum Gasteiger partial charge on any atom is -0.357 e. The van der Waals surface area contributed by atoms with Crippen LogP contribution >= 0.6 is 22.5 Å². The summed E-state index contributed by atoms with van der Waals surface area (Å²) >= 11 is 4.10. The predicted octanol–water partition coefficient (Wildman–Crippen LogP) is 1.90. The van der Waals surface area contributed by atoms with Crippen molar-refractivity contribution in [2.75, 3.05) is 19.0 Å². The van der Waals surface area contributed by atoms with Crippen molar-refractivity contribution in [2.24, 2.45) is 0 Å². The van der Waals surface area contributed by atoms with Crippen molar-refractivity contribution in [2.45, 2.75) is 32.2 Å². The zero-order valence-electron chi connectivity index (χ0n) is 8.49. The molecule has 0 fully saturated rings. The Morgan fingerprint density at radius 2 is 1.92 bits per heavy atom. The Morgan fingerprint density at radius 1 is 1.31 bits per heavy atom. The van der Waals surface area contributed by atoms with Crippen LogP contribution in [-0.4, -0.2) is 34.4 Å². The molecule has 0 aromatic rings. The molecule has 0 bridgehead atoms. The molecule has 0 saturated heterocycles. The molecule has 0 aliphatic rings. The van der Waals surface area contributed by atoms with Gasteiger partial charge in [-0.05, 0) is 20.3 Å². The molecule has 0 unspecified atom stereocenters. The standard InChI is InChI=1S/C8H20O2S2Si/c1-3-9-8(10-4-2)13-7-5-6-12-11/h8,11H,3-7,13H2,1-2H3. The van der Waals surface area contributed by atoms with E-state index in [0.29, 0.717) is 0 Å². The van der Waals surface area contributed by atoms with Gasteiger partial charge in [0, 0.05) is 19.0 Å². The first-order valence-corrected chi connectivity index (χ1v) is 8.70. The van der Waals surface area contributed by atoms with E-state index in [1.165, 1.54) is 12.5 Å². The monoisotopic (exact) mass is 240 g/mol. The summed E-state index contributed by atoms with van der Waals surface area (Å²) in [5, 5.41) is 0. The van der Waals surface area contributed by atoms with Gasteiger partial charge in [-0.15, -0.1) is 11.7 Å². The highest BCUT2D eigenvalue weighted by atomic mass is 33.1. The zero-order chi connectivity index (χ0) is 9.94. The van der Waals surface area contributed by atoms with Crippen LogP contribution in [0, 0.1) is 0 Å². The van der Waals surface area contributed by atoms with Crippen LogP contribution in [0.25, 0.3) is 0 Å². The molecule has 0 aliphatic heterocycles. The van der Waals surface area contributed by atoms with Gasteiger partial charge in [-0.3, -0.25) is 0 Å². The van der Waals surface area contributed by atoms with Gasteiger partial charge in [0.05, 0.1) is 9.52 Å². The van der Waals surface area contributed by atoms with E-state index in [1.54, 1.807) is 10.8 Å². The van der Waals surface area contributed by atoms with E-state index in [1.807, 2.05) is 13.8 Å². The molecule has 2 nitrogen and oxygen atoms in total. The third-order valence-corrected chi connectivity index (χ3v) is 4.50. The van der Waals surface area contributed by atoms with Gasteiger partial charge >= 0.3 is 0 Å². The van der Waals surface area contributed by atoms with Crippen LogP contribution in [0.1, 0.15) is 20.3 Å². The van der Waals surface area contributed by atoms with E-state index in [0.717, 1.165) is 19.0 Å². The summed E-state index contributed by atoms with van der Waals surface area (Å²) in [6, 6.07) is 1.29. The summed E-state index contributed by atoms with van der Waals surface area (Å²) in [6.45, 7) is 5.56. The molecule has 0 amide bonds. The summed E-state index contributed by atoms with van der Waals surface area (Å²) in [5.74, 6) is 1.28. The van der Waals surface area contributed by atoms with Crippen molar-refractivity contribution in [1.29, 1.82) is 0 Å². The minimum absolute atomic E-state index is 0.139. The van der Waals surface area contributed by atoms with E-state index in [9.17, 15) is 0 Å². The van der Waals surface area contributed by atoms with Gasteiger partial charge < -0.3 is 9.47 Å². The predicted molar refractivity (Wildman–Crippen MR) is 66.5 cm³/mol. The van der Waals surface area contributed by atoms with E-state index < -0.39 is 0 Å². The molecule has 0 saturated carbocycles. The molecule has 13 heavy (non-hydrogen) atoms. The number of thiol groups is 1. The van der Waals surface area contributed by atoms with Crippen molar-refractivity contribution in [3.05, 3.63) is 0 Å². The number of hydrogen-bond donors (Lipinski definition) is 1. The van der Waals surface area contributed by atoms with Crippen LogP contribution in [0.15, 0.2) is 0 Å². The zero-order valence-corrected chi connectivity index (χ0v) is 11.6. The molecule has 0 atom stereocenters. The third-order valence-electron chi connectivity index (χ3n) is 1.63. The van der Waals surface area contributed by atoms with Crippen molar-refractivity contribution < 1.29 is 9.47 Å². The van der Waals surface area contributed by atoms with E-state index in [2.05, 4.69) is 11.7 Å². The molecule has 0 aliphatic carbocycles. The largest absolute Gasteiger partial charge is 0.357 e. The lowest BCUT2D eigenvalue weighted by atomic mass is 10.6. The highest BCUT2D eigenvalue weighted by molar-refractivity contribution is 8.68. The molecule has 0 N–H and O–H groups in total. The first-order chi connectivity index (χ1) is 6.35. The summed E-state index contributed by atoms with van der Waals surface area (Å²) in [6.07, 6.45) is 1.25. The van der Waals surface area contributed by atoms with Crippen molar-refractivity contribution in [3.63, 3.8) is 0 Å². The minimum atomic E-state index is -0.209. The van der Waals surface area contributed by atoms with Gasteiger partial charge in [0.1, 0.15) is 5.91 Å². The Hall–Kier alpha value is 0.837. The smallest absolute Gasteiger partial charge is 0.134 e. The van der Waals surface area contributed by atoms with Gasteiger partial charge in [0.2, 0.25) is 0 Å².